The van der Waals surface area contributed by atoms with Crippen molar-refractivity contribution in [2.24, 2.45) is 0 Å². The molecule has 0 amide bonds. The number of carboxylic acids is 1. The summed E-state index contributed by atoms with van der Waals surface area (Å²) < 4.78 is 10.3. The highest BCUT2D eigenvalue weighted by atomic mass is 32.2. The summed E-state index contributed by atoms with van der Waals surface area (Å²) in [6.07, 6.45) is 1.54. The number of carbonyl (C=O) groups is 1. The van der Waals surface area contributed by atoms with Gasteiger partial charge in [0.25, 0.3) is 0 Å². The standard InChI is InChI=1S/C12H13N3O4S/c16-12(17)8-7-20-5-3-15(8)6-10-13-11(14-19-10)9-2-1-4-18-9/h1-2,4,8H,3,5-7H2,(H,16,17). The van der Waals surface area contributed by atoms with Crippen LogP contribution in [0.1, 0.15) is 5.89 Å². The molecule has 2 aromatic heterocycles. The first-order valence-corrected chi connectivity index (χ1v) is 7.30. The number of hydrogen-bond donors (Lipinski definition) is 1. The maximum Gasteiger partial charge on any atom is 0.321 e. The molecule has 1 N–H and O–H groups in total. The predicted octanol–water partition coefficient (Wildman–Crippen LogP) is 1.33. The number of thioether (sulfide) groups is 1. The molecule has 1 aliphatic heterocycles. The largest absolute Gasteiger partial charge is 0.480 e. The zero-order chi connectivity index (χ0) is 13.9. The van der Waals surface area contributed by atoms with Gasteiger partial charge in [0, 0.05) is 18.1 Å². The van der Waals surface area contributed by atoms with Gasteiger partial charge in [0.1, 0.15) is 6.04 Å². The van der Waals surface area contributed by atoms with Crippen LogP contribution in [-0.2, 0) is 11.3 Å². The van der Waals surface area contributed by atoms with Crippen LogP contribution in [0.5, 0.6) is 0 Å². The Labute approximate surface area is 118 Å². The molecule has 1 fully saturated rings. The lowest BCUT2D eigenvalue weighted by atomic mass is 10.2. The summed E-state index contributed by atoms with van der Waals surface area (Å²) in [6.45, 7) is 1.03. The van der Waals surface area contributed by atoms with Gasteiger partial charge in [0.05, 0.1) is 12.8 Å². The molecule has 20 heavy (non-hydrogen) atoms. The van der Waals surface area contributed by atoms with Gasteiger partial charge in [-0.25, -0.2) is 0 Å². The zero-order valence-electron chi connectivity index (χ0n) is 10.6. The SMILES string of the molecule is O=C(O)C1CSCCN1Cc1nc(-c2ccco2)no1. The van der Waals surface area contributed by atoms with E-state index in [9.17, 15) is 9.90 Å². The van der Waals surface area contributed by atoms with Crippen LogP contribution in [-0.4, -0.2) is 50.2 Å². The van der Waals surface area contributed by atoms with Crippen LogP contribution < -0.4 is 0 Å². The van der Waals surface area contributed by atoms with Crippen LogP contribution in [0.2, 0.25) is 0 Å². The van der Waals surface area contributed by atoms with Crippen molar-refractivity contribution in [3.05, 3.63) is 24.3 Å². The second-order valence-corrected chi connectivity index (χ2v) is 5.54. The summed E-state index contributed by atoms with van der Waals surface area (Å²) in [6, 6.07) is 2.98. The maximum absolute atomic E-state index is 11.2. The molecule has 0 aliphatic carbocycles. The lowest BCUT2D eigenvalue weighted by Gasteiger charge is -2.31. The van der Waals surface area contributed by atoms with Crippen LogP contribution in [0.3, 0.4) is 0 Å². The smallest absolute Gasteiger partial charge is 0.321 e. The number of nitrogens with zero attached hydrogens (tertiary/aromatic N) is 3. The highest BCUT2D eigenvalue weighted by Crippen LogP contribution is 2.20. The highest BCUT2D eigenvalue weighted by molar-refractivity contribution is 7.99. The average Bonchev–Trinajstić information content (AvgIpc) is 3.09. The summed E-state index contributed by atoms with van der Waals surface area (Å²) >= 11 is 1.64. The fourth-order valence-corrected chi connectivity index (χ4v) is 3.16. The molecule has 0 bridgehead atoms. The molecule has 3 rings (SSSR count). The first-order valence-electron chi connectivity index (χ1n) is 6.15. The van der Waals surface area contributed by atoms with E-state index in [-0.39, 0.29) is 0 Å². The molecule has 0 radical (unpaired) electrons. The molecule has 7 nitrogen and oxygen atoms in total. The van der Waals surface area contributed by atoms with Crippen molar-refractivity contribution >= 4 is 17.7 Å². The Morgan fingerprint density at radius 2 is 2.50 bits per heavy atom. The number of carboxylic acid groups (broad SMARTS) is 1. The van der Waals surface area contributed by atoms with Crippen LogP contribution in [0.4, 0.5) is 0 Å². The summed E-state index contributed by atoms with van der Waals surface area (Å²) in [5, 5.41) is 13.0. The van der Waals surface area contributed by atoms with Gasteiger partial charge in [-0.3, -0.25) is 9.69 Å². The van der Waals surface area contributed by atoms with E-state index >= 15 is 0 Å². The van der Waals surface area contributed by atoms with Crippen molar-refractivity contribution in [1.29, 1.82) is 0 Å². The van der Waals surface area contributed by atoms with Gasteiger partial charge in [-0.05, 0) is 12.1 Å². The van der Waals surface area contributed by atoms with E-state index in [2.05, 4.69) is 10.1 Å². The van der Waals surface area contributed by atoms with Gasteiger partial charge in [-0.1, -0.05) is 5.16 Å². The topological polar surface area (TPSA) is 92.6 Å². The van der Waals surface area contributed by atoms with E-state index in [0.717, 1.165) is 5.75 Å². The average molecular weight is 295 g/mol. The Morgan fingerprint density at radius 1 is 1.60 bits per heavy atom. The van der Waals surface area contributed by atoms with Crippen molar-refractivity contribution in [2.45, 2.75) is 12.6 Å². The Bertz CT molecular complexity index is 583. The fraction of sp³-hybridized carbons (Fsp3) is 0.417. The Balaban J connectivity index is 1.72. The van der Waals surface area contributed by atoms with E-state index in [1.165, 1.54) is 6.26 Å². The minimum atomic E-state index is -0.817. The van der Waals surface area contributed by atoms with Crippen LogP contribution in [0.25, 0.3) is 11.6 Å². The van der Waals surface area contributed by atoms with Crippen molar-refractivity contribution < 1.29 is 18.8 Å². The second-order valence-electron chi connectivity index (χ2n) is 4.39. The third kappa shape index (κ3) is 2.70. The fourth-order valence-electron chi connectivity index (χ4n) is 2.05. The Hall–Kier alpha value is -1.80. The van der Waals surface area contributed by atoms with Crippen molar-refractivity contribution in [3.63, 3.8) is 0 Å². The molecule has 1 unspecified atom stereocenters. The monoisotopic (exact) mass is 295 g/mol. The van der Waals surface area contributed by atoms with Crippen molar-refractivity contribution in [1.82, 2.24) is 15.0 Å². The number of aliphatic carboxylic acids is 1. The van der Waals surface area contributed by atoms with Crippen LogP contribution in [0, 0.1) is 0 Å². The highest BCUT2D eigenvalue weighted by Gasteiger charge is 2.30. The van der Waals surface area contributed by atoms with Gasteiger partial charge in [0.2, 0.25) is 11.7 Å². The van der Waals surface area contributed by atoms with E-state index in [4.69, 9.17) is 8.94 Å². The van der Waals surface area contributed by atoms with Gasteiger partial charge in [-0.15, -0.1) is 0 Å². The number of hydrogen-bond acceptors (Lipinski definition) is 7. The quantitative estimate of drug-likeness (QED) is 0.903. The van der Waals surface area contributed by atoms with Gasteiger partial charge >= 0.3 is 5.97 Å². The van der Waals surface area contributed by atoms with E-state index in [1.54, 1.807) is 23.9 Å². The number of rotatable bonds is 4. The first kappa shape index (κ1) is 13.2. The minimum absolute atomic E-state index is 0.339. The molecule has 8 heteroatoms. The number of aromatic nitrogens is 2. The van der Waals surface area contributed by atoms with E-state index in [1.807, 2.05) is 4.90 Å². The summed E-state index contributed by atoms with van der Waals surface area (Å²) in [5.41, 5.74) is 0. The van der Waals surface area contributed by atoms with Gasteiger partial charge in [-0.2, -0.15) is 16.7 Å². The normalized spacial score (nSPS) is 20.1. The molecule has 1 aliphatic rings. The maximum atomic E-state index is 11.2. The van der Waals surface area contributed by atoms with Gasteiger partial charge < -0.3 is 14.0 Å². The molecule has 1 atom stereocenters. The third-order valence-electron chi connectivity index (χ3n) is 3.07. The molecule has 1 saturated heterocycles. The molecular weight excluding hydrogens is 282 g/mol. The van der Waals surface area contributed by atoms with Gasteiger partial charge in [0.15, 0.2) is 5.76 Å². The van der Waals surface area contributed by atoms with E-state index in [0.29, 0.717) is 36.3 Å². The summed E-state index contributed by atoms with van der Waals surface area (Å²) in [4.78, 5) is 17.3. The second kappa shape index (κ2) is 5.68. The molecule has 0 saturated carbocycles. The van der Waals surface area contributed by atoms with Crippen LogP contribution in [0.15, 0.2) is 27.3 Å². The van der Waals surface area contributed by atoms with Crippen molar-refractivity contribution in [2.75, 3.05) is 18.1 Å². The lowest BCUT2D eigenvalue weighted by molar-refractivity contribution is -0.142. The summed E-state index contributed by atoms with van der Waals surface area (Å²) in [5.74, 6) is 1.97. The predicted molar refractivity (Wildman–Crippen MR) is 71.2 cm³/mol. The molecule has 106 valence electrons. The Morgan fingerprint density at radius 3 is 3.25 bits per heavy atom. The molecule has 2 aromatic rings. The molecule has 0 spiro atoms. The number of furan rings is 1. The van der Waals surface area contributed by atoms with E-state index < -0.39 is 12.0 Å². The first-order chi connectivity index (χ1) is 9.74. The molecule has 3 heterocycles. The summed E-state index contributed by atoms with van der Waals surface area (Å²) in [7, 11) is 0. The van der Waals surface area contributed by atoms with Crippen molar-refractivity contribution in [3.8, 4) is 11.6 Å². The zero-order valence-corrected chi connectivity index (χ0v) is 11.4. The lowest BCUT2D eigenvalue weighted by Crippen LogP contribution is -2.46. The Kier molecular flexibility index (Phi) is 3.75. The molecular formula is C12H13N3O4S. The molecule has 0 aromatic carbocycles. The van der Waals surface area contributed by atoms with Crippen LogP contribution >= 0.6 is 11.8 Å². The third-order valence-corrected chi connectivity index (χ3v) is 4.10. The minimum Gasteiger partial charge on any atom is -0.480 e.